The smallest absolute Gasteiger partial charge is 0.258 e. The Bertz CT molecular complexity index is 866. The van der Waals surface area contributed by atoms with Gasteiger partial charge in [-0.1, -0.05) is 24.3 Å². The van der Waals surface area contributed by atoms with Gasteiger partial charge < -0.3 is 19.5 Å². The van der Waals surface area contributed by atoms with Crippen molar-refractivity contribution < 1.29 is 23.4 Å². The Kier molecular flexibility index (Phi) is 8.44. The van der Waals surface area contributed by atoms with Crippen molar-refractivity contribution in [3.05, 3.63) is 72.1 Å². The van der Waals surface area contributed by atoms with Gasteiger partial charge in [0.25, 0.3) is 5.91 Å². The molecule has 1 heterocycles. The summed E-state index contributed by atoms with van der Waals surface area (Å²) in [4.78, 5) is 14.7. The molecule has 1 aliphatic heterocycles. The van der Waals surface area contributed by atoms with E-state index in [9.17, 15) is 9.18 Å². The maximum Gasteiger partial charge on any atom is 0.258 e. The number of nitrogens with one attached hydrogen (secondary N) is 1. The van der Waals surface area contributed by atoms with Gasteiger partial charge >= 0.3 is 0 Å². The number of allylic oxidation sites excluding steroid dienone is 1. The normalized spacial score (nSPS) is 15.2. The number of hydrogen-bond donors (Lipinski definition) is 1. The highest BCUT2D eigenvalue weighted by Gasteiger charge is 2.23. The quantitative estimate of drug-likeness (QED) is 0.590. The molecule has 1 amide bonds. The van der Waals surface area contributed by atoms with Crippen LogP contribution in [0.5, 0.6) is 11.5 Å². The second-order valence-corrected chi connectivity index (χ2v) is 7.29. The van der Waals surface area contributed by atoms with Crippen LogP contribution in [0.3, 0.4) is 0 Å². The lowest BCUT2D eigenvalue weighted by Crippen LogP contribution is -2.44. The molecule has 7 heteroatoms. The van der Waals surface area contributed by atoms with E-state index in [1.54, 1.807) is 25.3 Å². The largest absolute Gasteiger partial charge is 0.493 e. The van der Waals surface area contributed by atoms with Gasteiger partial charge in [0.1, 0.15) is 5.82 Å². The molecular formula is C24H29FN2O4. The molecule has 0 bridgehead atoms. The van der Waals surface area contributed by atoms with Crippen molar-refractivity contribution in [1.82, 2.24) is 10.2 Å². The molecule has 3 rings (SSSR count). The highest BCUT2D eigenvalue weighted by atomic mass is 19.1. The van der Waals surface area contributed by atoms with E-state index in [2.05, 4.69) is 16.8 Å². The molecular weight excluding hydrogens is 399 g/mol. The summed E-state index contributed by atoms with van der Waals surface area (Å²) in [5, 5.41) is 2.94. The van der Waals surface area contributed by atoms with Gasteiger partial charge in [-0.05, 0) is 41.8 Å². The number of carbonyl (C=O) groups excluding carboxylic acids is 1. The van der Waals surface area contributed by atoms with Crippen molar-refractivity contribution in [2.45, 2.75) is 12.5 Å². The molecule has 1 unspecified atom stereocenters. The van der Waals surface area contributed by atoms with E-state index in [0.717, 1.165) is 30.6 Å². The van der Waals surface area contributed by atoms with E-state index < -0.39 is 0 Å². The number of carbonyl (C=O) groups is 1. The third kappa shape index (κ3) is 6.54. The van der Waals surface area contributed by atoms with E-state index in [-0.39, 0.29) is 24.4 Å². The van der Waals surface area contributed by atoms with E-state index in [0.29, 0.717) is 31.3 Å². The first kappa shape index (κ1) is 22.8. The summed E-state index contributed by atoms with van der Waals surface area (Å²) in [7, 11) is 1.57. The molecule has 1 fully saturated rings. The molecule has 166 valence electrons. The summed E-state index contributed by atoms with van der Waals surface area (Å²) in [6.07, 6.45) is 2.54. The van der Waals surface area contributed by atoms with Crippen LogP contribution in [-0.2, 0) is 16.0 Å². The molecule has 1 aliphatic rings. The number of halogens is 1. The molecule has 1 atom stereocenters. The van der Waals surface area contributed by atoms with Crippen molar-refractivity contribution in [1.29, 1.82) is 0 Å². The predicted octanol–water partition coefficient (Wildman–Crippen LogP) is 3.13. The SMILES string of the molecule is C=CCc1ccc(OCC(=O)NCC(c2ccc(F)cc2)N2CCOCC2)c(OC)c1. The Morgan fingerprint density at radius 3 is 2.65 bits per heavy atom. The molecule has 0 aromatic heterocycles. The molecule has 0 radical (unpaired) electrons. The molecule has 2 aromatic rings. The van der Waals surface area contributed by atoms with Gasteiger partial charge in [-0.25, -0.2) is 4.39 Å². The third-order valence-electron chi connectivity index (χ3n) is 5.20. The number of hydrogen-bond acceptors (Lipinski definition) is 5. The number of amides is 1. The third-order valence-corrected chi connectivity index (χ3v) is 5.20. The summed E-state index contributed by atoms with van der Waals surface area (Å²) in [5.74, 6) is 0.561. The van der Waals surface area contributed by atoms with Crippen LogP contribution in [0.1, 0.15) is 17.2 Å². The van der Waals surface area contributed by atoms with Crippen LogP contribution >= 0.6 is 0 Å². The Morgan fingerprint density at radius 1 is 1.23 bits per heavy atom. The van der Waals surface area contributed by atoms with Crippen LogP contribution in [0.15, 0.2) is 55.1 Å². The Morgan fingerprint density at radius 2 is 1.97 bits per heavy atom. The Hall–Kier alpha value is -2.90. The minimum atomic E-state index is -0.282. The monoisotopic (exact) mass is 428 g/mol. The van der Waals surface area contributed by atoms with E-state index in [1.165, 1.54) is 12.1 Å². The average Bonchev–Trinajstić information content (AvgIpc) is 2.80. The first-order valence-electron chi connectivity index (χ1n) is 10.3. The van der Waals surface area contributed by atoms with Gasteiger partial charge in [0, 0.05) is 19.6 Å². The van der Waals surface area contributed by atoms with Gasteiger partial charge in [-0.2, -0.15) is 0 Å². The maximum absolute atomic E-state index is 13.4. The zero-order chi connectivity index (χ0) is 22.1. The van der Waals surface area contributed by atoms with Crippen molar-refractivity contribution >= 4 is 5.91 Å². The highest BCUT2D eigenvalue weighted by Crippen LogP contribution is 2.28. The van der Waals surface area contributed by atoms with Crippen LogP contribution in [0.25, 0.3) is 0 Å². The number of benzene rings is 2. The number of morpholine rings is 1. The minimum absolute atomic E-state index is 0.0684. The lowest BCUT2D eigenvalue weighted by molar-refractivity contribution is -0.123. The number of methoxy groups -OCH3 is 1. The molecule has 6 nitrogen and oxygen atoms in total. The lowest BCUT2D eigenvalue weighted by atomic mass is 10.0. The van der Waals surface area contributed by atoms with Gasteiger partial charge in [-0.3, -0.25) is 9.69 Å². The summed E-state index contributed by atoms with van der Waals surface area (Å²) in [6, 6.07) is 11.9. The second-order valence-electron chi connectivity index (χ2n) is 7.29. The summed E-state index contributed by atoms with van der Waals surface area (Å²) < 4.78 is 29.8. The molecule has 1 saturated heterocycles. The van der Waals surface area contributed by atoms with Crippen molar-refractivity contribution in [2.75, 3.05) is 46.6 Å². The van der Waals surface area contributed by atoms with Gasteiger partial charge in [0.2, 0.25) is 0 Å². The molecule has 1 N–H and O–H groups in total. The van der Waals surface area contributed by atoms with Crippen LogP contribution in [0, 0.1) is 5.82 Å². The molecule has 0 saturated carbocycles. The molecule has 31 heavy (non-hydrogen) atoms. The molecule has 0 spiro atoms. The maximum atomic E-state index is 13.4. The van der Waals surface area contributed by atoms with Crippen molar-refractivity contribution in [3.63, 3.8) is 0 Å². The number of ether oxygens (including phenoxy) is 3. The fourth-order valence-corrected chi connectivity index (χ4v) is 3.56. The molecule has 0 aliphatic carbocycles. The summed E-state index contributed by atoms with van der Waals surface area (Å²) in [6.45, 7) is 6.77. The predicted molar refractivity (Wildman–Crippen MR) is 117 cm³/mol. The zero-order valence-electron chi connectivity index (χ0n) is 17.8. The summed E-state index contributed by atoms with van der Waals surface area (Å²) in [5.41, 5.74) is 2.00. The lowest BCUT2D eigenvalue weighted by Gasteiger charge is -2.35. The fourth-order valence-electron chi connectivity index (χ4n) is 3.56. The van der Waals surface area contributed by atoms with Crippen LogP contribution in [0.2, 0.25) is 0 Å². The molecule has 2 aromatic carbocycles. The van der Waals surface area contributed by atoms with E-state index in [4.69, 9.17) is 14.2 Å². The topological polar surface area (TPSA) is 60.0 Å². The fraction of sp³-hybridized carbons (Fsp3) is 0.375. The van der Waals surface area contributed by atoms with E-state index >= 15 is 0 Å². The van der Waals surface area contributed by atoms with Crippen molar-refractivity contribution in [3.8, 4) is 11.5 Å². The first-order valence-corrected chi connectivity index (χ1v) is 10.3. The Labute approximate surface area is 182 Å². The van der Waals surface area contributed by atoms with E-state index in [1.807, 2.05) is 18.2 Å². The van der Waals surface area contributed by atoms with Crippen LogP contribution in [0.4, 0.5) is 4.39 Å². The number of rotatable bonds is 10. The average molecular weight is 429 g/mol. The minimum Gasteiger partial charge on any atom is -0.493 e. The van der Waals surface area contributed by atoms with Gasteiger partial charge in [-0.15, -0.1) is 6.58 Å². The van der Waals surface area contributed by atoms with Crippen LogP contribution in [-0.4, -0.2) is 57.4 Å². The first-order chi connectivity index (χ1) is 15.1. The second kappa shape index (κ2) is 11.5. The van der Waals surface area contributed by atoms with Gasteiger partial charge in [0.15, 0.2) is 18.1 Å². The van der Waals surface area contributed by atoms with Gasteiger partial charge in [0.05, 0.1) is 26.4 Å². The number of nitrogens with zero attached hydrogens (tertiary/aromatic N) is 1. The zero-order valence-corrected chi connectivity index (χ0v) is 17.8. The Balaban J connectivity index is 1.59. The standard InChI is InChI=1S/C24H29FN2O4/c1-3-4-18-5-10-22(23(15-18)29-2)31-17-24(28)26-16-21(27-11-13-30-14-12-27)19-6-8-20(25)9-7-19/h3,5-10,15,21H,1,4,11-14,16-17H2,2H3,(H,26,28). The van der Waals surface area contributed by atoms with Crippen molar-refractivity contribution in [2.24, 2.45) is 0 Å². The highest BCUT2D eigenvalue weighted by molar-refractivity contribution is 5.77. The summed E-state index contributed by atoms with van der Waals surface area (Å²) >= 11 is 0. The van der Waals surface area contributed by atoms with Crippen LogP contribution < -0.4 is 14.8 Å².